The molecule has 4 atom stereocenters. The zero-order valence-corrected chi connectivity index (χ0v) is 20.7. The average Bonchev–Trinajstić information content (AvgIpc) is 3.40. The topological polar surface area (TPSA) is 193 Å². The third-order valence-corrected chi connectivity index (χ3v) is 8.48. The van der Waals surface area contributed by atoms with Crippen LogP contribution < -0.4 is 21.9 Å². The van der Waals surface area contributed by atoms with Gasteiger partial charge in [-0.05, 0) is 0 Å². The molecule has 1 aromatic rings. The Bertz CT molecular complexity index is 1150. The van der Waals surface area contributed by atoms with Gasteiger partial charge in [0.1, 0.15) is 30.8 Å². The van der Waals surface area contributed by atoms with E-state index in [0.29, 0.717) is 24.3 Å². The number of anilines is 1. The molecule has 4 heterocycles. The Morgan fingerprint density at radius 1 is 1.43 bits per heavy atom. The third kappa shape index (κ3) is 4.46. The van der Waals surface area contributed by atoms with Crippen LogP contribution in [0.1, 0.15) is 18.5 Å². The Hall–Kier alpha value is -3.17. The quantitative estimate of drug-likeness (QED) is 0.144. The van der Waals surface area contributed by atoms with E-state index in [-0.39, 0.29) is 33.3 Å². The van der Waals surface area contributed by atoms with Crippen molar-refractivity contribution < 1.29 is 33.6 Å². The number of carboxylic acids is 1. The first-order valence-corrected chi connectivity index (χ1v) is 12.6. The van der Waals surface area contributed by atoms with Gasteiger partial charge in [0.25, 0.3) is 17.7 Å². The zero-order chi connectivity index (χ0) is 25.5. The number of primary amides is 1. The molecule has 2 saturated heterocycles. The Morgan fingerprint density at radius 3 is 2.77 bits per heavy atom. The minimum Gasteiger partial charge on any atom is -0.543 e. The lowest BCUT2D eigenvalue weighted by Crippen LogP contribution is -2.72. The lowest BCUT2D eigenvalue weighted by molar-refractivity contribution is -0.907. The molecule has 0 saturated carbocycles. The van der Waals surface area contributed by atoms with E-state index < -0.39 is 41.1 Å². The van der Waals surface area contributed by atoms with E-state index in [9.17, 15) is 24.3 Å². The molecule has 0 radical (unpaired) electrons. The van der Waals surface area contributed by atoms with E-state index in [0.717, 1.165) is 22.7 Å². The predicted octanol–water partition coefficient (Wildman–Crippen LogP) is -2.43. The van der Waals surface area contributed by atoms with Crippen molar-refractivity contribution in [2.75, 3.05) is 38.7 Å². The normalized spacial score (nSPS) is 28.4. The molecule has 2 fully saturated rings. The molecule has 3 aliphatic heterocycles. The van der Waals surface area contributed by atoms with Crippen molar-refractivity contribution in [1.29, 1.82) is 0 Å². The van der Waals surface area contributed by atoms with Crippen LogP contribution in [0.4, 0.5) is 5.13 Å². The largest absolute Gasteiger partial charge is 0.543 e. The van der Waals surface area contributed by atoms with Gasteiger partial charge >= 0.3 is 0 Å². The second-order valence-electron chi connectivity index (χ2n) is 8.72. The molecule has 3 aliphatic rings. The average molecular weight is 524 g/mol. The van der Waals surface area contributed by atoms with Crippen LogP contribution in [0, 0.1) is 0 Å². The van der Waals surface area contributed by atoms with Crippen LogP contribution in [0.15, 0.2) is 21.8 Å². The number of oxime groups is 1. The van der Waals surface area contributed by atoms with Crippen LogP contribution in [-0.2, 0) is 24.0 Å². The molecule has 0 bridgehead atoms. The number of thioether (sulfide) groups is 1. The number of aliphatic carboxylic acids is 1. The first-order valence-electron chi connectivity index (χ1n) is 10.7. The number of likely N-dealkylation sites (tertiary alicyclic amines) is 1. The maximum Gasteiger partial charge on any atom is 0.276 e. The Morgan fingerprint density at radius 2 is 2.17 bits per heavy atom. The number of likely N-dealkylation sites (N-methyl/N-ethyl adjacent to an activating group) is 1. The van der Waals surface area contributed by atoms with Gasteiger partial charge in [-0.2, -0.15) is 0 Å². The molecule has 4 rings (SSSR count). The number of hydrogen-bond acceptors (Lipinski definition) is 11. The maximum atomic E-state index is 13.0. The number of hydrogen-bond donors (Lipinski definition) is 3. The summed E-state index contributed by atoms with van der Waals surface area (Å²) in [7, 11) is 3.13. The van der Waals surface area contributed by atoms with Crippen molar-refractivity contribution in [1.82, 2.24) is 15.2 Å². The van der Waals surface area contributed by atoms with Crippen LogP contribution in [0.2, 0.25) is 0 Å². The summed E-state index contributed by atoms with van der Waals surface area (Å²) in [4.78, 5) is 59.8. The van der Waals surface area contributed by atoms with E-state index in [1.165, 1.54) is 24.3 Å². The van der Waals surface area contributed by atoms with Crippen molar-refractivity contribution in [2.24, 2.45) is 10.9 Å². The molecule has 13 nitrogen and oxygen atoms in total. The number of carbonyl (C=O) groups excluding carboxylic acids is 4. The smallest absolute Gasteiger partial charge is 0.276 e. The van der Waals surface area contributed by atoms with Crippen LogP contribution in [-0.4, -0.2) is 94.2 Å². The first-order chi connectivity index (χ1) is 16.6. The highest BCUT2D eigenvalue weighted by Crippen LogP contribution is 2.41. The van der Waals surface area contributed by atoms with Gasteiger partial charge < -0.3 is 36.0 Å². The SMILES string of the molecule is CO/N=C(\C(=O)NC1C(=O)N2C(C(=O)[O-])=C(C[N+]3(C)CCC[C@H]3C(N)=O)CS[C@@H]12)c1csc(N)n1. The summed E-state index contributed by atoms with van der Waals surface area (Å²) in [5, 5.41) is 19.5. The van der Waals surface area contributed by atoms with Crippen LogP contribution in [0.3, 0.4) is 0 Å². The second-order valence-corrected chi connectivity index (χ2v) is 10.7. The van der Waals surface area contributed by atoms with Crippen LogP contribution >= 0.6 is 23.1 Å². The number of amides is 3. The van der Waals surface area contributed by atoms with Gasteiger partial charge in [0.2, 0.25) is 0 Å². The maximum absolute atomic E-state index is 13.0. The standard InChI is InChI=1S/C20H25N7O6S2/c1-27(5-3-4-11(27)15(21)28)6-9-7-34-18-13(17(30)26(18)14(9)19(31)32)24-16(29)12(25-33-2)10-8-35-20(22)23-10/h8,11,13,18H,3-7H2,1-2H3,(H5-,21,22,23,24,28,29,31,32)/b25-12-/t11-,13?,18-,27?/m0/s1. The molecular weight excluding hydrogens is 498 g/mol. The van der Waals surface area contributed by atoms with Crippen molar-refractivity contribution in [3.05, 3.63) is 22.3 Å². The molecular formula is C20H25N7O6S2. The Labute approximate surface area is 208 Å². The number of nitrogens with one attached hydrogen (secondary N) is 1. The summed E-state index contributed by atoms with van der Waals surface area (Å²) < 4.78 is 0.280. The van der Waals surface area contributed by atoms with Gasteiger partial charge in [0, 0.05) is 29.5 Å². The number of thiazole rings is 1. The minimum atomic E-state index is -1.48. The summed E-state index contributed by atoms with van der Waals surface area (Å²) in [6.45, 7) is 0.925. The zero-order valence-electron chi connectivity index (χ0n) is 19.1. The molecule has 35 heavy (non-hydrogen) atoms. The number of nitrogens with zero attached hydrogens (tertiary/aromatic N) is 4. The number of carboxylic acid groups (broad SMARTS) is 1. The molecule has 15 heteroatoms. The van der Waals surface area contributed by atoms with Crippen molar-refractivity contribution in [3.63, 3.8) is 0 Å². The summed E-state index contributed by atoms with van der Waals surface area (Å²) in [6.07, 6.45) is 1.42. The summed E-state index contributed by atoms with van der Waals surface area (Å²) in [6, 6.07) is -1.40. The number of quaternary nitrogens is 1. The first kappa shape index (κ1) is 24.9. The van der Waals surface area contributed by atoms with Gasteiger partial charge in [-0.3, -0.25) is 19.3 Å². The van der Waals surface area contributed by atoms with Gasteiger partial charge in [0.15, 0.2) is 16.9 Å². The number of β-lactam (4-membered cyclic amide) rings is 1. The number of carbonyl (C=O) groups is 4. The fourth-order valence-electron chi connectivity index (χ4n) is 4.88. The summed E-state index contributed by atoms with van der Waals surface area (Å²) in [5.41, 5.74) is 11.5. The Balaban J connectivity index is 1.54. The van der Waals surface area contributed by atoms with Gasteiger partial charge in [-0.1, -0.05) is 5.16 Å². The van der Waals surface area contributed by atoms with E-state index in [4.69, 9.17) is 16.3 Å². The summed E-state index contributed by atoms with van der Waals surface area (Å²) in [5.74, 6) is -2.91. The van der Waals surface area contributed by atoms with Gasteiger partial charge in [0.05, 0.1) is 25.3 Å². The van der Waals surface area contributed by atoms with E-state index in [1.807, 2.05) is 7.05 Å². The van der Waals surface area contributed by atoms with E-state index in [2.05, 4.69) is 15.5 Å². The minimum absolute atomic E-state index is 0.159. The van der Waals surface area contributed by atoms with E-state index >= 15 is 0 Å². The molecule has 1 aromatic heterocycles. The molecule has 3 amide bonds. The third-order valence-electron chi connectivity index (χ3n) is 6.47. The van der Waals surface area contributed by atoms with Crippen LogP contribution in [0.5, 0.6) is 0 Å². The van der Waals surface area contributed by atoms with E-state index in [1.54, 1.807) is 0 Å². The summed E-state index contributed by atoms with van der Waals surface area (Å²) >= 11 is 2.44. The molecule has 0 aliphatic carbocycles. The highest BCUT2D eigenvalue weighted by atomic mass is 32.2. The van der Waals surface area contributed by atoms with Crippen molar-refractivity contribution in [2.45, 2.75) is 30.3 Å². The molecule has 0 aromatic carbocycles. The molecule has 5 N–H and O–H groups in total. The predicted molar refractivity (Wildman–Crippen MR) is 125 cm³/mol. The van der Waals surface area contributed by atoms with Crippen molar-refractivity contribution >= 4 is 57.6 Å². The Kier molecular flexibility index (Phi) is 6.75. The highest BCUT2D eigenvalue weighted by molar-refractivity contribution is 8.00. The highest BCUT2D eigenvalue weighted by Gasteiger charge is 2.54. The lowest BCUT2D eigenvalue weighted by Gasteiger charge is -2.51. The number of aromatic nitrogens is 1. The number of nitrogens with two attached hydrogens (primary N) is 2. The van der Waals surface area contributed by atoms with Crippen LogP contribution in [0.25, 0.3) is 0 Å². The van der Waals surface area contributed by atoms with Gasteiger partial charge in [-0.15, -0.1) is 23.1 Å². The lowest BCUT2D eigenvalue weighted by atomic mass is 10.0. The van der Waals surface area contributed by atoms with Crippen molar-refractivity contribution in [3.8, 4) is 0 Å². The molecule has 2 unspecified atom stereocenters. The number of rotatable bonds is 8. The second kappa shape index (κ2) is 9.47. The molecule has 0 spiro atoms. The monoisotopic (exact) mass is 523 g/mol. The number of fused-ring (bicyclic) bond motifs is 1. The fourth-order valence-corrected chi connectivity index (χ4v) is 6.77. The number of nitrogen functional groups attached to an aromatic ring is 1. The van der Waals surface area contributed by atoms with Gasteiger partial charge in [-0.25, -0.2) is 4.98 Å². The fraction of sp³-hybridized carbons (Fsp3) is 0.500. The molecule has 188 valence electrons.